The van der Waals surface area contributed by atoms with Crippen molar-refractivity contribution in [2.24, 2.45) is 11.8 Å². The Morgan fingerprint density at radius 1 is 1.08 bits per heavy atom. The quantitative estimate of drug-likeness (QED) is 0.913. The van der Waals surface area contributed by atoms with Crippen molar-refractivity contribution in [3.05, 3.63) is 35.9 Å². The summed E-state index contributed by atoms with van der Waals surface area (Å²) >= 11 is 0. The van der Waals surface area contributed by atoms with Crippen molar-refractivity contribution >= 4 is 11.8 Å². The second-order valence-corrected chi connectivity index (χ2v) is 8.02. The van der Waals surface area contributed by atoms with E-state index in [1.165, 1.54) is 12.8 Å². The van der Waals surface area contributed by atoms with Gasteiger partial charge < -0.3 is 10.2 Å². The van der Waals surface area contributed by atoms with Crippen LogP contribution in [0.2, 0.25) is 0 Å². The van der Waals surface area contributed by atoms with Gasteiger partial charge in [0.25, 0.3) is 0 Å². The lowest BCUT2D eigenvalue weighted by Gasteiger charge is -2.34. The van der Waals surface area contributed by atoms with E-state index < -0.39 is 0 Å². The van der Waals surface area contributed by atoms with E-state index in [0.29, 0.717) is 12.0 Å². The highest BCUT2D eigenvalue weighted by Gasteiger charge is 2.50. The van der Waals surface area contributed by atoms with Gasteiger partial charge in [-0.3, -0.25) is 9.59 Å². The Morgan fingerprint density at radius 3 is 2.52 bits per heavy atom. The molecule has 3 fully saturated rings. The number of carbonyl (C=O) groups is 2. The van der Waals surface area contributed by atoms with E-state index in [-0.39, 0.29) is 29.8 Å². The maximum Gasteiger partial charge on any atom is 0.243 e. The summed E-state index contributed by atoms with van der Waals surface area (Å²) in [5, 5.41) is 3.16. The van der Waals surface area contributed by atoms with Crippen molar-refractivity contribution in [1.29, 1.82) is 0 Å². The Labute approximate surface area is 150 Å². The third kappa shape index (κ3) is 3.31. The Hall–Kier alpha value is -1.84. The van der Waals surface area contributed by atoms with Gasteiger partial charge in [-0.1, -0.05) is 43.2 Å². The number of likely N-dealkylation sites (tertiary alicyclic amines) is 1. The van der Waals surface area contributed by atoms with Crippen LogP contribution in [-0.2, 0) is 9.59 Å². The molecule has 2 saturated carbocycles. The van der Waals surface area contributed by atoms with E-state index in [4.69, 9.17) is 0 Å². The molecule has 1 N–H and O–H groups in total. The summed E-state index contributed by atoms with van der Waals surface area (Å²) in [6.07, 6.45) is 7.50. The van der Waals surface area contributed by atoms with Crippen LogP contribution in [0.15, 0.2) is 30.3 Å². The Kier molecular flexibility index (Phi) is 4.53. The zero-order valence-corrected chi connectivity index (χ0v) is 15.0. The highest BCUT2D eigenvalue weighted by molar-refractivity contribution is 5.90. The molecule has 0 unspecified atom stereocenters. The number of rotatable bonds is 4. The molecular formula is C21H28N2O2. The molecule has 0 aromatic heterocycles. The summed E-state index contributed by atoms with van der Waals surface area (Å²) in [5.74, 6) is 0.962. The standard InChI is InChI=1S/C21H28N2O2/c1-14(15-7-3-2-4-8-15)22-20(24)19-13-17-9-5-6-10-18(17)23(19)21(25)16-11-12-16/h2-4,7-8,14,16-19H,5-6,9-13H2,1H3,(H,22,24)/t14-,17-,18+,19-/m0/s1. The molecule has 3 aliphatic rings. The lowest BCUT2D eigenvalue weighted by Crippen LogP contribution is -2.50. The molecule has 1 aromatic carbocycles. The molecule has 2 aliphatic carbocycles. The van der Waals surface area contributed by atoms with Crippen LogP contribution < -0.4 is 5.32 Å². The molecule has 134 valence electrons. The van der Waals surface area contributed by atoms with Crippen LogP contribution in [0.4, 0.5) is 0 Å². The molecule has 25 heavy (non-hydrogen) atoms. The van der Waals surface area contributed by atoms with Gasteiger partial charge in [-0.25, -0.2) is 0 Å². The molecule has 4 atom stereocenters. The topological polar surface area (TPSA) is 49.4 Å². The molecule has 1 saturated heterocycles. The first-order valence-electron chi connectivity index (χ1n) is 9.82. The van der Waals surface area contributed by atoms with Crippen LogP contribution in [0.3, 0.4) is 0 Å². The second kappa shape index (κ2) is 6.81. The maximum atomic E-state index is 13.0. The van der Waals surface area contributed by atoms with Crippen LogP contribution in [0.25, 0.3) is 0 Å². The molecule has 1 aromatic rings. The summed E-state index contributed by atoms with van der Waals surface area (Å²) in [6, 6.07) is 10.0. The highest BCUT2D eigenvalue weighted by atomic mass is 16.2. The smallest absolute Gasteiger partial charge is 0.243 e. The van der Waals surface area contributed by atoms with Gasteiger partial charge in [0.05, 0.1) is 6.04 Å². The third-order valence-electron chi connectivity index (χ3n) is 6.23. The summed E-state index contributed by atoms with van der Waals surface area (Å²) in [5.41, 5.74) is 1.10. The molecule has 0 radical (unpaired) electrons. The minimum atomic E-state index is -0.271. The Balaban J connectivity index is 1.50. The van der Waals surface area contributed by atoms with E-state index in [2.05, 4.69) is 5.32 Å². The van der Waals surface area contributed by atoms with Gasteiger partial charge >= 0.3 is 0 Å². The van der Waals surface area contributed by atoms with E-state index in [9.17, 15) is 9.59 Å². The normalized spacial score (nSPS) is 29.8. The third-order valence-corrected chi connectivity index (χ3v) is 6.23. The van der Waals surface area contributed by atoms with Crippen molar-refractivity contribution in [2.45, 2.75) is 70.0 Å². The molecule has 0 bridgehead atoms. The van der Waals surface area contributed by atoms with E-state index in [1.807, 2.05) is 42.2 Å². The van der Waals surface area contributed by atoms with Gasteiger partial charge in [0, 0.05) is 12.0 Å². The highest BCUT2D eigenvalue weighted by Crippen LogP contribution is 2.43. The largest absolute Gasteiger partial charge is 0.348 e. The summed E-state index contributed by atoms with van der Waals surface area (Å²) in [4.78, 5) is 27.9. The lowest BCUT2D eigenvalue weighted by molar-refractivity contribution is -0.142. The number of amides is 2. The van der Waals surface area contributed by atoms with E-state index in [0.717, 1.165) is 37.7 Å². The molecule has 0 spiro atoms. The zero-order valence-electron chi connectivity index (χ0n) is 15.0. The molecule has 1 aliphatic heterocycles. The maximum absolute atomic E-state index is 13.0. The predicted molar refractivity (Wildman–Crippen MR) is 96.7 cm³/mol. The van der Waals surface area contributed by atoms with Gasteiger partial charge in [0.1, 0.15) is 6.04 Å². The van der Waals surface area contributed by atoms with Crippen molar-refractivity contribution in [3.8, 4) is 0 Å². The second-order valence-electron chi connectivity index (χ2n) is 8.02. The van der Waals surface area contributed by atoms with Crippen LogP contribution in [-0.4, -0.2) is 28.8 Å². The van der Waals surface area contributed by atoms with Gasteiger partial charge in [-0.15, -0.1) is 0 Å². The van der Waals surface area contributed by atoms with Gasteiger partial charge in [-0.05, 0) is 50.5 Å². The summed E-state index contributed by atoms with van der Waals surface area (Å²) in [6.45, 7) is 2.02. The first-order chi connectivity index (χ1) is 12.1. The minimum absolute atomic E-state index is 0.0275. The fraction of sp³-hybridized carbons (Fsp3) is 0.619. The van der Waals surface area contributed by atoms with Crippen LogP contribution >= 0.6 is 0 Å². The Morgan fingerprint density at radius 2 is 1.80 bits per heavy atom. The van der Waals surface area contributed by atoms with Crippen LogP contribution in [0, 0.1) is 11.8 Å². The van der Waals surface area contributed by atoms with Crippen molar-refractivity contribution < 1.29 is 9.59 Å². The summed E-state index contributed by atoms with van der Waals surface area (Å²) < 4.78 is 0. The number of hydrogen-bond donors (Lipinski definition) is 1. The fourth-order valence-corrected chi connectivity index (χ4v) is 4.69. The molecular weight excluding hydrogens is 312 g/mol. The number of nitrogens with one attached hydrogen (secondary N) is 1. The van der Waals surface area contributed by atoms with Crippen LogP contribution in [0.1, 0.15) is 63.5 Å². The van der Waals surface area contributed by atoms with E-state index in [1.54, 1.807) is 0 Å². The zero-order chi connectivity index (χ0) is 17.4. The number of fused-ring (bicyclic) bond motifs is 1. The summed E-state index contributed by atoms with van der Waals surface area (Å²) in [7, 11) is 0. The number of carbonyl (C=O) groups excluding carboxylic acids is 2. The lowest BCUT2D eigenvalue weighted by atomic mass is 9.84. The fourth-order valence-electron chi connectivity index (χ4n) is 4.69. The monoisotopic (exact) mass is 340 g/mol. The molecule has 4 heteroatoms. The minimum Gasteiger partial charge on any atom is -0.348 e. The van der Waals surface area contributed by atoms with Crippen molar-refractivity contribution in [2.75, 3.05) is 0 Å². The van der Waals surface area contributed by atoms with Gasteiger partial charge in [0.15, 0.2) is 0 Å². The van der Waals surface area contributed by atoms with Gasteiger partial charge in [-0.2, -0.15) is 0 Å². The van der Waals surface area contributed by atoms with Crippen molar-refractivity contribution in [3.63, 3.8) is 0 Å². The van der Waals surface area contributed by atoms with E-state index >= 15 is 0 Å². The number of benzene rings is 1. The molecule has 1 heterocycles. The predicted octanol–water partition coefficient (Wildman–Crippen LogP) is 3.43. The number of hydrogen-bond acceptors (Lipinski definition) is 2. The number of nitrogens with zero attached hydrogens (tertiary/aromatic N) is 1. The Bertz CT molecular complexity index is 641. The SMILES string of the molecule is C[C@H](NC(=O)[C@@H]1C[C@@H]2CCCC[C@H]2N1C(=O)C1CC1)c1ccccc1. The molecule has 4 nitrogen and oxygen atoms in total. The van der Waals surface area contributed by atoms with Crippen molar-refractivity contribution in [1.82, 2.24) is 10.2 Å². The first kappa shape index (κ1) is 16.6. The van der Waals surface area contributed by atoms with Crippen LogP contribution in [0.5, 0.6) is 0 Å². The average molecular weight is 340 g/mol. The van der Waals surface area contributed by atoms with Gasteiger partial charge in [0.2, 0.25) is 11.8 Å². The molecule has 4 rings (SSSR count). The average Bonchev–Trinajstić information content (AvgIpc) is 3.41. The molecule has 2 amide bonds. The first-order valence-corrected chi connectivity index (χ1v) is 9.82.